The summed E-state index contributed by atoms with van der Waals surface area (Å²) in [7, 11) is 0. The van der Waals surface area contributed by atoms with Gasteiger partial charge in [0, 0.05) is 0 Å². The first-order chi connectivity index (χ1) is 14.6. The van der Waals surface area contributed by atoms with E-state index in [4.69, 9.17) is 0 Å². The Morgan fingerprint density at radius 2 is 1.09 bits per heavy atom. The zero-order valence-electron chi connectivity index (χ0n) is 22.5. The molecule has 0 unspecified atom stereocenters. The molecule has 0 nitrogen and oxygen atoms in total. The monoisotopic (exact) mass is 571 g/mol. The van der Waals surface area contributed by atoms with Crippen molar-refractivity contribution in [1.82, 2.24) is 0 Å². The first-order valence-corrected chi connectivity index (χ1v) is 13.3. The molecule has 2 aromatic rings. The molecule has 3 heteroatoms. The van der Waals surface area contributed by atoms with Crippen molar-refractivity contribution in [2.75, 3.05) is 0 Å². The molecular weight excluding hydrogens is 534 g/mol. The van der Waals surface area contributed by atoms with Crippen molar-refractivity contribution in [1.29, 1.82) is 0 Å². The zero-order chi connectivity index (χ0) is 23.8. The van der Waals surface area contributed by atoms with Crippen LogP contribution < -0.4 is 24.8 Å². The Morgan fingerprint density at radius 1 is 0.676 bits per heavy atom. The van der Waals surface area contributed by atoms with Gasteiger partial charge in [-0.1, -0.05) is 0 Å². The van der Waals surface area contributed by atoms with Gasteiger partial charge in [0.1, 0.15) is 0 Å². The van der Waals surface area contributed by atoms with Crippen LogP contribution >= 0.6 is 0 Å². The van der Waals surface area contributed by atoms with Crippen LogP contribution in [0.1, 0.15) is 104 Å². The summed E-state index contributed by atoms with van der Waals surface area (Å²) >= 11 is 1.57. The molecule has 181 valence electrons. The van der Waals surface area contributed by atoms with Crippen LogP contribution in [-0.4, -0.2) is 0 Å². The second kappa shape index (κ2) is 9.69. The van der Waals surface area contributed by atoms with Crippen molar-refractivity contribution in [3.8, 4) is 11.1 Å². The Balaban J connectivity index is 0.00000204. The molecule has 0 amide bonds. The van der Waals surface area contributed by atoms with Crippen LogP contribution in [0.5, 0.6) is 0 Å². The number of benzene rings is 2. The summed E-state index contributed by atoms with van der Waals surface area (Å²) < 4.78 is 1.63. The van der Waals surface area contributed by atoms with Crippen LogP contribution in [0.2, 0.25) is 0 Å². The molecule has 2 aromatic carbocycles. The Bertz CT molecular complexity index is 1100. The standard InChI is InChI=1S/C31H39.2ClH.Zr/c1-19-11-16-26(31(8,9)10)27(19)28-22-14-12-20(29(2,3)4)17-24(22)25-18-21(30(5,6)7)13-15-23(25)28;;;/h12-15,17-18,28H,16H2,1-10H3;2*1H;/q;;;+2/p-2. The summed E-state index contributed by atoms with van der Waals surface area (Å²) in [5, 5.41) is 0. The van der Waals surface area contributed by atoms with Crippen LogP contribution in [0.3, 0.4) is 0 Å². The van der Waals surface area contributed by atoms with E-state index < -0.39 is 0 Å². The minimum Gasteiger partial charge on any atom is -1.00 e. The van der Waals surface area contributed by atoms with Gasteiger partial charge in [-0.25, -0.2) is 0 Å². The van der Waals surface area contributed by atoms with E-state index in [9.17, 15) is 0 Å². The fourth-order valence-corrected chi connectivity index (χ4v) is 6.11. The van der Waals surface area contributed by atoms with Crippen molar-refractivity contribution in [2.45, 2.75) is 92.4 Å². The maximum absolute atomic E-state index is 2.49. The van der Waals surface area contributed by atoms with E-state index in [1.807, 2.05) is 0 Å². The molecule has 0 fully saturated rings. The van der Waals surface area contributed by atoms with Gasteiger partial charge in [0.15, 0.2) is 0 Å². The van der Waals surface area contributed by atoms with Crippen molar-refractivity contribution in [2.24, 2.45) is 5.41 Å². The fraction of sp³-hybridized carbons (Fsp3) is 0.484. The van der Waals surface area contributed by atoms with Gasteiger partial charge in [0.05, 0.1) is 0 Å². The van der Waals surface area contributed by atoms with Crippen molar-refractivity contribution < 1.29 is 49.5 Å². The molecule has 0 atom stereocenters. The van der Waals surface area contributed by atoms with Crippen LogP contribution in [0.25, 0.3) is 11.1 Å². The average Bonchev–Trinajstić information content (AvgIpc) is 3.13. The third-order valence-corrected chi connectivity index (χ3v) is 8.84. The van der Waals surface area contributed by atoms with Crippen LogP contribution in [0, 0.1) is 5.41 Å². The van der Waals surface area contributed by atoms with E-state index in [0.29, 0.717) is 5.92 Å². The van der Waals surface area contributed by atoms with E-state index in [1.54, 1.807) is 44.7 Å². The molecule has 34 heavy (non-hydrogen) atoms. The Hall–Kier alpha value is -0.617. The Morgan fingerprint density at radius 3 is 1.44 bits per heavy atom. The quantitative estimate of drug-likeness (QED) is 0.493. The normalized spacial score (nSPS) is 16.4. The van der Waals surface area contributed by atoms with Crippen molar-refractivity contribution in [3.63, 3.8) is 0 Å². The second-order valence-electron chi connectivity index (χ2n) is 13.0. The largest absolute Gasteiger partial charge is 1.00 e. The summed E-state index contributed by atoms with van der Waals surface area (Å²) in [6.45, 7) is 23.5. The third-order valence-electron chi connectivity index (χ3n) is 7.48. The minimum absolute atomic E-state index is 0. The topological polar surface area (TPSA) is 0 Å². The SMILES string of the molecule is CC1=[C]([Zr+2])CC(C(C)(C)C)=C1C1c2ccc(C(C)(C)C)cc2-c2cc(C(C)(C)C)ccc21.[Cl-].[Cl-]. The van der Waals surface area contributed by atoms with Gasteiger partial charge in [-0.05, 0) is 0 Å². The van der Waals surface area contributed by atoms with E-state index in [-0.39, 0.29) is 41.1 Å². The molecule has 0 bridgehead atoms. The average molecular weight is 574 g/mol. The molecule has 0 aliphatic heterocycles. The van der Waals surface area contributed by atoms with Gasteiger partial charge in [-0.3, -0.25) is 0 Å². The van der Waals surface area contributed by atoms with E-state index in [0.717, 1.165) is 6.42 Å². The minimum atomic E-state index is 0. The van der Waals surface area contributed by atoms with Gasteiger partial charge in [-0.2, -0.15) is 0 Å². The first-order valence-electron chi connectivity index (χ1n) is 12.0. The van der Waals surface area contributed by atoms with E-state index in [1.165, 1.54) is 33.4 Å². The summed E-state index contributed by atoms with van der Waals surface area (Å²) in [5.41, 5.74) is 14.0. The smallest absolute Gasteiger partial charge is 1.00 e. The summed E-state index contributed by atoms with van der Waals surface area (Å²) in [6, 6.07) is 14.6. The van der Waals surface area contributed by atoms with Gasteiger partial charge >= 0.3 is 212 Å². The molecule has 2 aliphatic carbocycles. The maximum Gasteiger partial charge on any atom is -1.00 e. The number of allylic oxidation sites excluding steroid dienone is 4. The predicted molar refractivity (Wildman–Crippen MR) is 135 cm³/mol. The van der Waals surface area contributed by atoms with Crippen molar-refractivity contribution >= 4 is 0 Å². The summed E-state index contributed by atoms with van der Waals surface area (Å²) in [5.74, 6) is 0.357. The Labute approximate surface area is 235 Å². The van der Waals surface area contributed by atoms with Gasteiger partial charge in [-0.15, -0.1) is 0 Å². The number of hydrogen-bond acceptors (Lipinski definition) is 0. The van der Waals surface area contributed by atoms with Gasteiger partial charge < -0.3 is 24.8 Å². The predicted octanol–water partition coefficient (Wildman–Crippen LogP) is 2.97. The number of halogens is 2. The maximum atomic E-state index is 2.49. The van der Waals surface area contributed by atoms with Crippen LogP contribution in [-0.2, 0) is 35.5 Å². The van der Waals surface area contributed by atoms with E-state index >= 15 is 0 Å². The third kappa shape index (κ3) is 5.10. The second-order valence-corrected chi connectivity index (χ2v) is 14.4. The molecule has 0 saturated heterocycles. The number of hydrogen-bond donors (Lipinski definition) is 0. The molecular formula is C31H39Cl2Zr. The van der Waals surface area contributed by atoms with Crippen molar-refractivity contribution in [3.05, 3.63) is 78.7 Å². The molecule has 2 aliphatic rings. The molecule has 4 rings (SSSR count). The Kier molecular flexibility index (Phi) is 8.44. The zero-order valence-corrected chi connectivity index (χ0v) is 26.5. The number of rotatable bonds is 1. The summed E-state index contributed by atoms with van der Waals surface area (Å²) in [6.07, 6.45) is 1.16. The van der Waals surface area contributed by atoms with Crippen LogP contribution in [0.4, 0.5) is 0 Å². The molecule has 0 radical (unpaired) electrons. The molecule has 0 spiro atoms. The molecule has 0 saturated carbocycles. The number of fused-ring (bicyclic) bond motifs is 3. The fourth-order valence-electron chi connectivity index (χ4n) is 5.35. The molecule has 0 N–H and O–H groups in total. The summed E-state index contributed by atoms with van der Waals surface area (Å²) in [4.78, 5) is 0. The molecule has 0 heterocycles. The molecule has 0 aromatic heterocycles. The van der Waals surface area contributed by atoms with Gasteiger partial charge in [0.2, 0.25) is 0 Å². The van der Waals surface area contributed by atoms with E-state index in [2.05, 4.69) is 106 Å². The van der Waals surface area contributed by atoms with Gasteiger partial charge in [0.25, 0.3) is 0 Å². The first kappa shape index (κ1) is 29.6. The van der Waals surface area contributed by atoms with Crippen LogP contribution in [0.15, 0.2) is 56.4 Å².